The maximum absolute atomic E-state index is 3.54. The molecule has 0 aliphatic heterocycles. The van der Waals surface area contributed by atoms with Crippen molar-refractivity contribution < 1.29 is 0 Å². The minimum atomic E-state index is 1.75. The third kappa shape index (κ3) is 8.52. The first-order chi connectivity index (χ1) is 4.41. The van der Waals surface area contributed by atoms with Crippen LogP contribution in [0.25, 0.3) is 0 Å². The molecule has 0 aromatic rings. The molecule has 0 saturated carbocycles. The van der Waals surface area contributed by atoms with E-state index in [1.807, 2.05) is 47.1 Å². The van der Waals surface area contributed by atoms with Crippen LogP contribution in [0.5, 0.6) is 0 Å². The molecule has 0 aromatic carbocycles. The Morgan fingerprint density at radius 2 is 1.44 bits per heavy atom. The van der Waals surface area contributed by atoms with E-state index in [9.17, 15) is 0 Å². The molecule has 0 saturated heterocycles. The summed E-state index contributed by atoms with van der Waals surface area (Å²) < 4.78 is 0. The van der Waals surface area contributed by atoms with Crippen molar-refractivity contribution in [3.63, 3.8) is 0 Å². The molecule has 0 spiro atoms. The molecule has 0 atom stereocenters. The molecule has 32 valence electrons. The molecule has 0 fully saturated rings. The zero-order valence-electron chi connectivity index (χ0n) is 5.75. The van der Waals surface area contributed by atoms with Crippen LogP contribution >= 0.6 is 0 Å². The summed E-state index contributed by atoms with van der Waals surface area (Å²) in [5.74, 6) is 0. The second-order valence-electron chi connectivity index (χ2n) is 1.53. The van der Waals surface area contributed by atoms with Crippen molar-refractivity contribution >= 4 is 54.3 Å². The third-order valence-corrected chi connectivity index (χ3v) is 0.773. The van der Waals surface area contributed by atoms with Crippen molar-refractivity contribution in [2.45, 2.75) is 6.82 Å². The standard InChI is InChI=1S/CH4B8/c1-3-5-7-9-8-6-4-2/h2H,1H3. The molecule has 9 heavy (non-hydrogen) atoms. The van der Waals surface area contributed by atoms with Gasteiger partial charge in [-0.2, -0.15) is 0 Å². The van der Waals surface area contributed by atoms with E-state index in [0.717, 1.165) is 0 Å². The van der Waals surface area contributed by atoms with Gasteiger partial charge in [0.15, 0.2) is 0 Å². The predicted octanol–water partition coefficient (Wildman–Crippen LogP) is -2.73. The van der Waals surface area contributed by atoms with Crippen LogP contribution < -0.4 is 0 Å². The van der Waals surface area contributed by atoms with Crippen LogP contribution in [-0.4, -0.2) is 54.3 Å². The summed E-state index contributed by atoms with van der Waals surface area (Å²) in [5, 5.41) is 0. The van der Waals surface area contributed by atoms with E-state index in [-0.39, 0.29) is 0 Å². The molecule has 0 aliphatic rings. The van der Waals surface area contributed by atoms with E-state index in [2.05, 4.69) is 7.37 Å². The van der Waals surface area contributed by atoms with Crippen LogP contribution in [-0.2, 0) is 0 Å². The molecule has 8 heteroatoms. The van der Waals surface area contributed by atoms with Crippen LogP contribution in [0.15, 0.2) is 0 Å². The normalized spacial score (nSPS) is 6.22. The van der Waals surface area contributed by atoms with Crippen LogP contribution in [0.2, 0.25) is 6.82 Å². The Kier molecular flexibility index (Phi) is 9.01. The number of hydrogen-bond acceptors (Lipinski definition) is 0. The van der Waals surface area contributed by atoms with Gasteiger partial charge in [0.05, 0.1) is 0 Å². The Morgan fingerprint density at radius 1 is 0.889 bits per heavy atom. The van der Waals surface area contributed by atoms with Gasteiger partial charge in [-0.3, -0.25) is 0 Å². The van der Waals surface area contributed by atoms with E-state index in [1.165, 1.54) is 0 Å². The molecular weight excluding hydrogens is 98.5 g/mol. The summed E-state index contributed by atoms with van der Waals surface area (Å²) in [6.45, 7) is 15.5. The summed E-state index contributed by atoms with van der Waals surface area (Å²) in [6, 6.07) is 0. The molecule has 0 N–H and O–H groups in total. The Balaban J connectivity index is 3.46. The number of hydrogen-bond donors (Lipinski definition) is 0. The van der Waals surface area contributed by atoms with Gasteiger partial charge in [0.1, 0.15) is 0 Å². The van der Waals surface area contributed by atoms with Crippen LogP contribution in [0.4, 0.5) is 0 Å². The Morgan fingerprint density at radius 3 is 2.00 bits per heavy atom. The average Bonchev–Trinajstić information content (AvgIpc) is 1.89. The monoisotopic (exact) mass is 104 g/mol. The van der Waals surface area contributed by atoms with Crippen LogP contribution in [0.1, 0.15) is 0 Å². The van der Waals surface area contributed by atoms with Crippen molar-refractivity contribution in [1.82, 2.24) is 0 Å². The van der Waals surface area contributed by atoms with E-state index in [1.54, 1.807) is 6.69 Å². The molecule has 0 aliphatic carbocycles. The van der Waals surface area contributed by atoms with Gasteiger partial charge in [-0.25, -0.2) is 0 Å². The first-order valence-electron chi connectivity index (χ1n) is 2.99. The van der Waals surface area contributed by atoms with E-state index >= 15 is 0 Å². The first-order valence-corrected chi connectivity index (χ1v) is 2.99. The molecule has 0 amide bonds. The molecule has 0 unspecified atom stereocenters. The van der Waals surface area contributed by atoms with Crippen LogP contribution in [0.3, 0.4) is 0 Å². The molecule has 0 nitrogen and oxygen atoms in total. The fraction of sp³-hybridized carbons (Fsp3) is 1.00. The quantitative estimate of drug-likeness (QED) is 0.340. The maximum atomic E-state index is 3.54. The van der Waals surface area contributed by atoms with E-state index in [4.69, 9.17) is 0 Å². The van der Waals surface area contributed by atoms with Gasteiger partial charge in [0.25, 0.3) is 0 Å². The topological polar surface area (TPSA) is 0 Å². The molecule has 0 aromatic heterocycles. The predicted molar refractivity (Wildman–Crippen MR) is 53.3 cm³/mol. The van der Waals surface area contributed by atoms with Crippen molar-refractivity contribution in [1.29, 1.82) is 0 Å². The van der Waals surface area contributed by atoms with Crippen molar-refractivity contribution in [2.24, 2.45) is 0 Å². The zero-order valence-corrected chi connectivity index (χ0v) is 5.75. The summed E-state index contributed by atoms with van der Waals surface area (Å²) in [4.78, 5) is 0. The first kappa shape index (κ1) is 9.52. The summed E-state index contributed by atoms with van der Waals surface area (Å²) in [5.41, 5.74) is 0. The zero-order chi connectivity index (χ0) is 6.95. The van der Waals surface area contributed by atoms with Gasteiger partial charge >= 0.3 is 61.1 Å². The molecule has 0 bridgehead atoms. The Hall–Kier alpha value is 0.519. The van der Waals surface area contributed by atoms with Crippen molar-refractivity contribution in [3.05, 3.63) is 0 Å². The second-order valence-corrected chi connectivity index (χ2v) is 1.53. The van der Waals surface area contributed by atoms with E-state index < -0.39 is 0 Å². The van der Waals surface area contributed by atoms with Gasteiger partial charge in [0.2, 0.25) is 0 Å². The van der Waals surface area contributed by atoms with Crippen molar-refractivity contribution in [3.8, 4) is 0 Å². The molecular formula is CH4B8. The van der Waals surface area contributed by atoms with Gasteiger partial charge < -0.3 is 0 Å². The van der Waals surface area contributed by atoms with E-state index in [0.29, 0.717) is 0 Å². The molecule has 0 radical (unpaired) electrons. The Bertz CT molecular complexity index is 141. The van der Waals surface area contributed by atoms with Crippen LogP contribution in [0, 0.1) is 0 Å². The second kappa shape index (κ2) is 8.52. The van der Waals surface area contributed by atoms with Gasteiger partial charge in [0, 0.05) is 0 Å². The van der Waals surface area contributed by atoms with Gasteiger partial charge in [-0.1, -0.05) is 0 Å². The van der Waals surface area contributed by atoms with Gasteiger partial charge in [-0.15, -0.1) is 0 Å². The summed E-state index contributed by atoms with van der Waals surface area (Å²) in [7, 11) is 3.54. The molecule has 0 rings (SSSR count). The SMILES string of the molecule is B=BB=BB=BB=BC. The Labute approximate surface area is 61.7 Å². The number of rotatable bonds is 3. The molecule has 0 heterocycles. The van der Waals surface area contributed by atoms with Crippen molar-refractivity contribution in [2.75, 3.05) is 0 Å². The fourth-order valence-corrected chi connectivity index (χ4v) is 0.382. The fourth-order valence-electron chi connectivity index (χ4n) is 0.382. The average molecular weight is 103 g/mol. The summed E-state index contributed by atoms with van der Waals surface area (Å²) in [6.07, 6.45) is 0. The summed E-state index contributed by atoms with van der Waals surface area (Å²) >= 11 is 0. The van der Waals surface area contributed by atoms with Gasteiger partial charge in [-0.05, 0) is 0 Å². The minimum absolute atomic E-state index is 1.75. The third-order valence-electron chi connectivity index (χ3n) is 0.773.